The predicted octanol–water partition coefficient (Wildman–Crippen LogP) is 2.68. The van der Waals surface area contributed by atoms with Crippen LogP contribution in [-0.4, -0.2) is 54.6 Å². The van der Waals surface area contributed by atoms with Gasteiger partial charge in [-0.2, -0.15) is 0 Å². The maximum absolute atomic E-state index is 14.0. The van der Waals surface area contributed by atoms with Crippen molar-refractivity contribution < 1.29 is 27.5 Å². The number of rotatable bonds is 7. The number of ether oxygens (including phenoxy) is 1. The first kappa shape index (κ1) is 24.0. The largest absolute Gasteiger partial charge is 0.381 e. The lowest BCUT2D eigenvalue weighted by Crippen LogP contribution is -2.52. The number of hydrogen-bond donors (Lipinski definition) is 2. The highest BCUT2D eigenvalue weighted by Gasteiger charge is 2.44. The van der Waals surface area contributed by atoms with Crippen molar-refractivity contribution in [2.45, 2.75) is 69.5 Å². The zero-order valence-electron chi connectivity index (χ0n) is 18.7. The molecule has 0 aliphatic carbocycles. The third-order valence-electron chi connectivity index (χ3n) is 7.46. The van der Waals surface area contributed by atoms with E-state index in [4.69, 9.17) is 10.5 Å². The average Bonchev–Trinajstić information content (AvgIpc) is 3.05. The van der Waals surface area contributed by atoms with Gasteiger partial charge in [-0.25, -0.2) is 13.2 Å². The van der Waals surface area contributed by atoms with Gasteiger partial charge in [0, 0.05) is 43.8 Å². The fourth-order valence-electron chi connectivity index (χ4n) is 5.67. The van der Waals surface area contributed by atoms with Crippen molar-refractivity contribution in [1.82, 2.24) is 10.2 Å². The first-order chi connectivity index (χ1) is 15.8. The van der Waals surface area contributed by atoms with E-state index in [-0.39, 0.29) is 48.3 Å². The van der Waals surface area contributed by atoms with Crippen molar-refractivity contribution in [3.05, 3.63) is 35.1 Å². The molecule has 9 heteroatoms. The van der Waals surface area contributed by atoms with Crippen molar-refractivity contribution in [1.29, 1.82) is 0 Å². The summed E-state index contributed by atoms with van der Waals surface area (Å²) in [6.45, 7) is 1.35. The van der Waals surface area contributed by atoms with Crippen LogP contribution in [0, 0.1) is 29.3 Å². The van der Waals surface area contributed by atoms with E-state index < -0.39 is 23.5 Å². The molecule has 3 heterocycles. The van der Waals surface area contributed by atoms with Gasteiger partial charge in [0.2, 0.25) is 11.8 Å². The summed E-state index contributed by atoms with van der Waals surface area (Å²) < 4.78 is 46.1. The van der Waals surface area contributed by atoms with Crippen molar-refractivity contribution in [2.75, 3.05) is 19.8 Å². The van der Waals surface area contributed by atoms with Crippen LogP contribution in [-0.2, 0) is 20.7 Å². The Morgan fingerprint density at radius 1 is 1.03 bits per heavy atom. The number of carbonyl (C=O) groups is 2. The molecule has 0 aromatic heterocycles. The summed E-state index contributed by atoms with van der Waals surface area (Å²) in [4.78, 5) is 27.0. The zero-order chi connectivity index (χ0) is 23.5. The van der Waals surface area contributed by atoms with Crippen LogP contribution >= 0.6 is 0 Å². The Hall–Kier alpha value is -2.13. The van der Waals surface area contributed by atoms with E-state index in [0.29, 0.717) is 44.5 Å². The van der Waals surface area contributed by atoms with Crippen LogP contribution in [0.1, 0.15) is 50.5 Å². The second-order valence-electron chi connectivity index (χ2n) is 9.68. The molecule has 3 saturated heterocycles. The number of fused-ring (bicyclic) bond motifs is 2. The number of nitrogens with zero attached hydrogens (tertiary/aromatic N) is 1. The van der Waals surface area contributed by atoms with E-state index >= 15 is 0 Å². The van der Waals surface area contributed by atoms with Crippen LogP contribution in [0.5, 0.6) is 0 Å². The Labute approximate surface area is 192 Å². The molecule has 6 nitrogen and oxygen atoms in total. The number of benzene rings is 1. The minimum Gasteiger partial charge on any atom is -0.381 e. The Kier molecular flexibility index (Phi) is 7.58. The highest BCUT2D eigenvalue weighted by molar-refractivity contribution is 5.85. The summed E-state index contributed by atoms with van der Waals surface area (Å²) in [6, 6.07) is 1.09. The van der Waals surface area contributed by atoms with Gasteiger partial charge >= 0.3 is 0 Å². The third-order valence-corrected chi connectivity index (χ3v) is 7.46. The average molecular weight is 468 g/mol. The molecule has 3 aliphatic rings. The maximum Gasteiger partial charge on any atom is 0.242 e. The van der Waals surface area contributed by atoms with Gasteiger partial charge in [-0.1, -0.05) is 0 Å². The van der Waals surface area contributed by atoms with Crippen LogP contribution in [0.4, 0.5) is 13.2 Å². The highest BCUT2D eigenvalue weighted by Crippen LogP contribution is 2.40. The Balaban J connectivity index is 1.28. The fraction of sp³-hybridized carbons (Fsp3) is 0.667. The molecule has 4 atom stereocenters. The quantitative estimate of drug-likeness (QED) is 0.604. The molecule has 2 amide bonds. The summed E-state index contributed by atoms with van der Waals surface area (Å²) in [5.74, 6) is -2.91. The number of piperidine rings is 1. The molecular formula is C24H32F3N3O3. The second kappa shape index (κ2) is 10.4. The van der Waals surface area contributed by atoms with Crippen molar-refractivity contribution in [2.24, 2.45) is 17.6 Å². The second-order valence-corrected chi connectivity index (χ2v) is 9.68. The summed E-state index contributed by atoms with van der Waals surface area (Å²) in [7, 11) is 0. The lowest BCUT2D eigenvalue weighted by Gasteiger charge is -2.41. The molecule has 0 saturated carbocycles. The number of carbonyl (C=O) groups excluding carboxylic acids is 2. The summed E-state index contributed by atoms with van der Waals surface area (Å²) in [6.07, 6.45) is 5.38. The van der Waals surface area contributed by atoms with Gasteiger partial charge in [0.05, 0.1) is 6.54 Å². The van der Waals surface area contributed by atoms with Gasteiger partial charge in [-0.05, 0) is 68.4 Å². The van der Waals surface area contributed by atoms with E-state index in [9.17, 15) is 22.8 Å². The number of amides is 2. The van der Waals surface area contributed by atoms with Gasteiger partial charge < -0.3 is 20.7 Å². The molecule has 0 radical (unpaired) electrons. The molecule has 3 N–H and O–H groups in total. The molecule has 3 fully saturated rings. The van der Waals surface area contributed by atoms with Crippen molar-refractivity contribution in [3.8, 4) is 0 Å². The standard InChI is InChI=1S/C24H32F3N3O3/c25-19-12-21(27)20(26)10-15(19)11-22(28)16-8-17-1-2-18(9-16)30(17)24(32)13-29-23(31)7-14-3-5-33-6-4-14/h10,12,14,16-18,22H,1-9,11,13,28H2,(H,29,31)/t16-,17+,18-,22-/m1/s1. The maximum atomic E-state index is 14.0. The van der Waals surface area contributed by atoms with Gasteiger partial charge in [0.25, 0.3) is 0 Å². The number of nitrogens with one attached hydrogen (secondary N) is 1. The van der Waals surface area contributed by atoms with Crippen molar-refractivity contribution >= 4 is 11.8 Å². The van der Waals surface area contributed by atoms with Crippen LogP contribution in [0.25, 0.3) is 0 Å². The Bertz CT molecular complexity index is 864. The summed E-state index contributed by atoms with van der Waals surface area (Å²) in [5.41, 5.74) is 6.42. The molecule has 33 heavy (non-hydrogen) atoms. The van der Waals surface area contributed by atoms with E-state index in [2.05, 4.69) is 5.32 Å². The molecule has 3 aliphatic heterocycles. The van der Waals surface area contributed by atoms with Gasteiger partial charge in [0.15, 0.2) is 11.6 Å². The first-order valence-electron chi connectivity index (χ1n) is 11.9. The number of halogens is 3. The molecule has 0 spiro atoms. The minimum absolute atomic E-state index is 0.00809. The van der Waals surface area contributed by atoms with Crippen LogP contribution < -0.4 is 11.1 Å². The van der Waals surface area contributed by atoms with E-state index in [1.54, 1.807) is 0 Å². The molecule has 2 bridgehead atoms. The van der Waals surface area contributed by atoms with Crippen LogP contribution in [0.3, 0.4) is 0 Å². The minimum atomic E-state index is -1.21. The lowest BCUT2D eigenvalue weighted by molar-refractivity contribution is -0.137. The van der Waals surface area contributed by atoms with E-state index in [1.165, 1.54) is 0 Å². The topological polar surface area (TPSA) is 84.7 Å². The smallest absolute Gasteiger partial charge is 0.242 e. The Morgan fingerprint density at radius 3 is 2.33 bits per heavy atom. The van der Waals surface area contributed by atoms with Crippen molar-refractivity contribution in [3.63, 3.8) is 0 Å². The number of hydrogen-bond acceptors (Lipinski definition) is 4. The third kappa shape index (κ3) is 5.69. The molecular weight excluding hydrogens is 435 g/mol. The molecule has 4 rings (SSSR count). The normalized spacial score (nSPS) is 26.3. The Morgan fingerprint density at radius 2 is 1.67 bits per heavy atom. The SMILES string of the molecule is N[C@H](Cc1cc(F)c(F)cc1F)[C@H]1C[C@H]2CC[C@@H](C1)N2C(=O)CNC(=O)CC1CCOCC1. The van der Waals surface area contributed by atoms with Crippen LogP contribution in [0.2, 0.25) is 0 Å². The van der Waals surface area contributed by atoms with Gasteiger partial charge in [-0.3, -0.25) is 9.59 Å². The number of nitrogens with two attached hydrogens (primary N) is 1. The van der Waals surface area contributed by atoms with Crippen LogP contribution in [0.15, 0.2) is 12.1 Å². The molecule has 1 aromatic carbocycles. The monoisotopic (exact) mass is 467 g/mol. The predicted molar refractivity (Wildman–Crippen MR) is 116 cm³/mol. The highest BCUT2D eigenvalue weighted by atomic mass is 19.2. The molecule has 0 unspecified atom stereocenters. The van der Waals surface area contributed by atoms with Gasteiger partial charge in [-0.15, -0.1) is 0 Å². The molecule has 1 aromatic rings. The fourth-order valence-corrected chi connectivity index (χ4v) is 5.67. The van der Waals surface area contributed by atoms with E-state index in [1.807, 2.05) is 4.90 Å². The van der Waals surface area contributed by atoms with Gasteiger partial charge in [0.1, 0.15) is 5.82 Å². The molecule has 182 valence electrons. The lowest BCUT2D eigenvalue weighted by atomic mass is 9.82. The zero-order valence-corrected chi connectivity index (χ0v) is 18.7. The summed E-state index contributed by atoms with van der Waals surface area (Å²) >= 11 is 0. The van der Waals surface area contributed by atoms with E-state index in [0.717, 1.165) is 31.7 Å². The summed E-state index contributed by atoms with van der Waals surface area (Å²) in [5, 5.41) is 2.78. The first-order valence-corrected chi connectivity index (χ1v) is 11.9.